The van der Waals surface area contributed by atoms with Gasteiger partial charge >= 0.3 is 5.97 Å². The highest BCUT2D eigenvalue weighted by Crippen LogP contribution is 2.19. The van der Waals surface area contributed by atoms with Crippen LogP contribution >= 0.6 is 0 Å². The normalized spacial score (nSPS) is 11.5. The highest BCUT2D eigenvalue weighted by atomic mass is 32.2. The maximum absolute atomic E-state index is 13.5. The minimum absolute atomic E-state index is 0.0196. The Hall–Kier alpha value is -2.25. The lowest BCUT2D eigenvalue weighted by Crippen LogP contribution is -2.22. The van der Waals surface area contributed by atoms with Crippen molar-refractivity contribution in [2.45, 2.75) is 4.90 Å². The lowest BCUT2D eigenvalue weighted by atomic mass is 10.2. The average Bonchev–Trinajstić information content (AvgIpc) is 2.49. The van der Waals surface area contributed by atoms with Gasteiger partial charge in [-0.05, 0) is 30.3 Å². The van der Waals surface area contributed by atoms with Gasteiger partial charge < -0.3 is 4.74 Å². The molecule has 2 aromatic carbocycles. The molecule has 0 spiro atoms. The number of para-hydroxylation sites is 1. The second-order valence-corrected chi connectivity index (χ2v) is 6.79. The summed E-state index contributed by atoms with van der Waals surface area (Å²) < 4.78 is 43.5. The van der Waals surface area contributed by atoms with E-state index in [1.54, 1.807) is 0 Å². The minimum Gasteiger partial charge on any atom is -0.420 e. The third-order valence-electron chi connectivity index (χ3n) is 2.89. The number of carbonyl (C=O) groups excluding carboxylic acids is 1. The van der Waals surface area contributed by atoms with E-state index in [2.05, 4.69) is 0 Å². The highest BCUT2D eigenvalue weighted by molar-refractivity contribution is 7.89. The number of sulfonamides is 1. The molecule has 0 fully saturated rings. The van der Waals surface area contributed by atoms with Gasteiger partial charge in [0.2, 0.25) is 10.0 Å². The maximum atomic E-state index is 13.5. The molecule has 0 amide bonds. The molecule has 2 aromatic rings. The van der Waals surface area contributed by atoms with Crippen molar-refractivity contribution in [1.82, 2.24) is 4.31 Å². The van der Waals surface area contributed by atoms with E-state index in [9.17, 15) is 17.6 Å². The molecule has 0 aliphatic heterocycles. The Kier molecular flexibility index (Phi) is 4.58. The molecule has 0 bridgehead atoms. The van der Waals surface area contributed by atoms with Crippen molar-refractivity contribution in [3.05, 3.63) is 59.9 Å². The van der Waals surface area contributed by atoms with E-state index in [0.29, 0.717) is 0 Å². The third-order valence-corrected chi connectivity index (χ3v) is 4.70. The standard InChI is InChI=1S/C15H14FNO4S/c1-17(2)22(19,20)12-7-5-6-11(10-12)15(18)21-14-9-4-3-8-13(14)16/h3-10H,1-2H3. The molecule has 0 aliphatic rings. The van der Waals surface area contributed by atoms with Crippen molar-refractivity contribution in [2.24, 2.45) is 0 Å². The zero-order valence-corrected chi connectivity index (χ0v) is 12.8. The maximum Gasteiger partial charge on any atom is 0.343 e. The van der Waals surface area contributed by atoms with Gasteiger partial charge in [0.15, 0.2) is 11.6 Å². The molecule has 0 aliphatic carbocycles. The van der Waals surface area contributed by atoms with Crippen LogP contribution in [0.4, 0.5) is 4.39 Å². The first-order valence-electron chi connectivity index (χ1n) is 6.31. The number of ether oxygens (including phenoxy) is 1. The smallest absolute Gasteiger partial charge is 0.343 e. The van der Waals surface area contributed by atoms with Gasteiger partial charge in [-0.1, -0.05) is 18.2 Å². The quantitative estimate of drug-likeness (QED) is 0.640. The van der Waals surface area contributed by atoms with Crippen molar-refractivity contribution < 1.29 is 22.3 Å². The van der Waals surface area contributed by atoms with Crippen molar-refractivity contribution >= 4 is 16.0 Å². The van der Waals surface area contributed by atoms with Crippen molar-refractivity contribution in [3.63, 3.8) is 0 Å². The van der Waals surface area contributed by atoms with Gasteiger partial charge in [-0.15, -0.1) is 0 Å². The number of rotatable bonds is 4. The van der Waals surface area contributed by atoms with Crippen molar-refractivity contribution in [1.29, 1.82) is 0 Å². The fraction of sp³-hybridized carbons (Fsp3) is 0.133. The fourth-order valence-electron chi connectivity index (χ4n) is 1.68. The summed E-state index contributed by atoms with van der Waals surface area (Å²) in [4.78, 5) is 12.0. The molecular formula is C15H14FNO4S. The largest absolute Gasteiger partial charge is 0.420 e. The Bertz CT molecular complexity index is 803. The van der Waals surface area contributed by atoms with E-state index >= 15 is 0 Å². The van der Waals surface area contributed by atoms with Crippen LogP contribution in [0, 0.1) is 5.82 Å². The van der Waals surface area contributed by atoms with E-state index < -0.39 is 21.8 Å². The molecule has 22 heavy (non-hydrogen) atoms. The number of hydrogen-bond donors (Lipinski definition) is 0. The number of hydrogen-bond acceptors (Lipinski definition) is 4. The molecular weight excluding hydrogens is 309 g/mol. The zero-order chi connectivity index (χ0) is 16.3. The lowest BCUT2D eigenvalue weighted by Gasteiger charge is -2.12. The van der Waals surface area contributed by atoms with Crippen LogP contribution in [0.5, 0.6) is 5.75 Å². The van der Waals surface area contributed by atoms with Gasteiger partial charge in [-0.2, -0.15) is 0 Å². The van der Waals surface area contributed by atoms with Crippen LogP contribution in [0.25, 0.3) is 0 Å². The Morgan fingerprint density at radius 3 is 2.41 bits per heavy atom. The molecule has 0 atom stereocenters. The summed E-state index contributed by atoms with van der Waals surface area (Å²) in [5.74, 6) is -1.72. The fourth-order valence-corrected chi connectivity index (χ4v) is 2.63. The molecule has 116 valence electrons. The SMILES string of the molecule is CN(C)S(=O)(=O)c1cccc(C(=O)Oc2ccccc2F)c1. The van der Waals surface area contributed by atoms with Gasteiger partial charge in [0.25, 0.3) is 0 Å². The third kappa shape index (κ3) is 3.32. The number of nitrogens with zero attached hydrogens (tertiary/aromatic N) is 1. The van der Waals surface area contributed by atoms with Gasteiger partial charge in [0.1, 0.15) is 0 Å². The summed E-state index contributed by atoms with van der Waals surface area (Å²) in [6.07, 6.45) is 0. The van der Waals surface area contributed by atoms with Gasteiger partial charge in [0.05, 0.1) is 10.5 Å². The molecule has 0 unspecified atom stereocenters. The summed E-state index contributed by atoms with van der Waals surface area (Å²) in [5.41, 5.74) is 0.0196. The first kappa shape index (κ1) is 16.1. The Labute approximate surface area is 128 Å². The van der Waals surface area contributed by atoms with Crippen LogP contribution in [0.15, 0.2) is 53.4 Å². The molecule has 0 N–H and O–H groups in total. The Morgan fingerprint density at radius 1 is 1.09 bits per heavy atom. The average molecular weight is 323 g/mol. The second-order valence-electron chi connectivity index (χ2n) is 4.64. The highest BCUT2D eigenvalue weighted by Gasteiger charge is 2.19. The molecule has 2 rings (SSSR count). The van der Waals surface area contributed by atoms with E-state index in [4.69, 9.17) is 4.74 Å². The molecule has 0 heterocycles. The van der Waals surface area contributed by atoms with Crippen molar-refractivity contribution in [3.8, 4) is 5.75 Å². The molecule has 7 heteroatoms. The molecule has 0 saturated carbocycles. The van der Waals surface area contributed by atoms with Gasteiger partial charge in [0, 0.05) is 14.1 Å². The Morgan fingerprint density at radius 2 is 1.77 bits per heavy atom. The molecule has 0 radical (unpaired) electrons. The lowest BCUT2D eigenvalue weighted by molar-refractivity contribution is 0.0727. The number of carbonyl (C=O) groups is 1. The minimum atomic E-state index is -3.66. The molecule has 0 saturated heterocycles. The second kappa shape index (κ2) is 6.25. The Balaban J connectivity index is 2.31. The van der Waals surface area contributed by atoms with E-state index in [-0.39, 0.29) is 16.2 Å². The monoisotopic (exact) mass is 323 g/mol. The van der Waals surface area contributed by atoms with E-state index in [0.717, 1.165) is 10.4 Å². The number of halogens is 1. The zero-order valence-electron chi connectivity index (χ0n) is 12.0. The predicted molar refractivity (Wildman–Crippen MR) is 78.7 cm³/mol. The van der Waals surface area contributed by atoms with Crippen LogP contribution in [-0.2, 0) is 10.0 Å². The van der Waals surface area contributed by atoms with Crippen LogP contribution in [0.1, 0.15) is 10.4 Å². The van der Waals surface area contributed by atoms with Gasteiger partial charge in [-0.25, -0.2) is 21.9 Å². The topological polar surface area (TPSA) is 63.7 Å². The first-order chi connectivity index (χ1) is 10.3. The predicted octanol–water partition coefficient (Wildman–Crippen LogP) is 2.30. The van der Waals surface area contributed by atoms with Crippen LogP contribution in [0.2, 0.25) is 0 Å². The summed E-state index contributed by atoms with van der Waals surface area (Å²) >= 11 is 0. The summed E-state index contributed by atoms with van der Waals surface area (Å²) in [5, 5.41) is 0. The van der Waals surface area contributed by atoms with Crippen LogP contribution in [0.3, 0.4) is 0 Å². The first-order valence-corrected chi connectivity index (χ1v) is 7.75. The van der Waals surface area contributed by atoms with Crippen molar-refractivity contribution in [2.75, 3.05) is 14.1 Å². The van der Waals surface area contributed by atoms with E-state index in [1.807, 2.05) is 0 Å². The number of benzene rings is 2. The number of esters is 1. The molecule has 0 aromatic heterocycles. The van der Waals surface area contributed by atoms with Crippen LogP contribution in [-0.4, -0.2) is 32.8 Å². The van der Waals surface area contributed by atoms with Crippen LogP contribution < -0.4 is 4.74 Å². The molecule has 5 nitrogen and oxygen atoms in total. The summed E-state index contributed by atoms with van der Waals surface area (Å²) in [6, 6.07) is 10.9. The summed E-state index contributed by atoms with van der Waals surface area (Å²) in [7, 11) is -0.885. The van der Waals surface area contributed by atoms with E-state index in [1.165, 1.54) is 56.6 Å². The summed E-state index contributed by atoms with van der Waals surface area (Å²) in [6.45, 7) is 0. The van der Waals surface area contributed by atoms with Gasteiger partial charge in [-0.3, -0.25) is 0 Å².